The molecule has 20 heavy (non-hydrogen) atoms. The molecule has 110 valence electrons. The van der Waals surface area contributed by atoms with Gasteiger partial charge in [0, 0.05) is 6.54 Å². The average molecular weight is 304 g/mol. The molecule has 5 nitrogen and oxygen atoms in total. The molecule has 1 amide bonds. The van der Waals surface area contributed by atoms with Crippen LogP contribution in [0.25, 0.3) is 0 Å². The first-order valence-corrected chi connectivity index (χ1v) is 6.41. The number of benzene rings is 1. The monoisotopic (exact) mass is 303 g/mol. The lowest BCUT2D eigenvalue weighted by molar-refractivity contribution is -0.143. The fraction of sp³-hybridized carbons (Fsp3) is 0.385. The zero-order valence-corrected chi connectivity index (χ0v) is 11.7. The lowest BCUT2D eigenvalue weighted by Crippen LogP contribution is -2.31. The molecular formula is C13H15ClFNO4. The van der Waals surface area contributed by atoms with E-state index in [2.05, 4.69) is 5.32 Å². The molecular weight excluding hydrogens is 289 g/mol. The van der Waals surface area contributed by atoms with Crippen LogP contribution >= 0.6 is 11.6 Å². The van der Waals surface area contributed by atoms with Crippen LogP contribution in [0.3, 0.4) is 0 Å². The largest absolute Gasteiger partial charge is 0.482 e. The van der Waals surface area contributed by atoms with Crippen molar-refractivity contribution in [2.75, 3.05) is 19.8 Å². The van der Waals surface area contributed by atoms with Gasteiger partial charge in [-0.1, -0.05) is 11.6 Å². The highest BCUT2D eigenvalue weighted by molar-refractivity contribution is 6.32. The van der Waals surface area contributed by atoms with Gasteiger partial charge in [-0.15, -0.1) is 0 Å². The Morgan fingerprint density at radius 2 is 2.15 bits per heavy atom. The van der Waals surface area contributed by atoms with Gasteiger partial charge in [0.25, 0.3) is 5.91 Å². The summed E-state index contributed by atoms with van der Waals surface area (Å²) in [7, 11) is 0. The van der Waals surface area contributed by atoms with Crippen molar-refractivity contribution in [3.8, 4) is 5.75 Å². The van der Waals surface area contributed by atoms with Crippen LogP contribution in [0.5, 0.6) is 5.75 Å². The third-order valence-electron chi connectivity index (χ3n) is 2.21. The number of hydrogen-bond donors (Lipinski definition) is 1. The summed E-state index contributed by atoms with van der Waals surface area (Å²) in [5.74, 6) is -1.06. The number of esters is 1. The lowest BCUT2D eigenvalue weighted by atomic mass is 10.3. The Labute approximate surface area is 121 Å². The van der Waals surface area contributed by atoms with Crippen molar-refractivity contribution in [1.29, 1.82) is 0 Å². The van der Waals surface area contributed by atoms with Crippen molar-refractivity contribution in [2.24, 2.45) is 0 Å². The fourth-order valence-electron chi connectivity index (χ4n) is 1.32. The molecule has 0 spiro atoms. The van der Waals surface area contributed by atoms with Gasteiger partial charge in [-0.25, -0.2) is 4.39 Å². The van der Waals surface area contributed by atoms with Crippen LogP contribution < -0.4 is 10.1 Å². The number of halogens is 2. The van der Waals surface area contributed by atoms with Crippen LogP contribution in [0.4, 0.5) is 4.39 Å². The van der Waals surface area contributed by atoms with Gasteiger partial charge < -0.3 is 14.8 Å². The highest BCUT2D eigenvalue weighted by atomic mass is 35.5. The molecule has 7 heteroatoms. The highest BCUT2D eigenvalue weighted by Crippen LogP contribution is 2.24. The third-order valence-corrected chi connectivity index (χ3v) is 2.50. The number of nitrogens with one attached hydrogen (secondary N) is 1. The number of carbonyl (C=O) groups is 2. The van der Waals surface area contributed by atoms with E-state index in [0.717, 1.165) is 6.07 Å². The van der Waals surface area contributed by atoms with E-state index in [-0.39, 0.29) is 36.3 Å². The molecule has 0 heterocycles. The Balaban J connectivity index is 2.28. The summed E-state index contributed by atoms with van der Waals surface area (Å²) in [4.78, 5) is 22.5. The van der Waals surface area contributed by atoms with Crippen molar-refractivity contribution >= 4 is 23.5 Å². The van der Waals surface area contributed by atoms with E-state index in [0.29, 0.717) is 6.61 Å². The first kappa shape index (κ1) is 16.2. The van der Waals surface area contributed by atoms with E-state index in [4.69, 9.17) is 21.1 Å². The maximum absolute atomic E-state index is 12.8. The molecule has 0 aromatic heterocycles. The second kappa shape index (κ2) is 8.37. The Kier molecular flexibility index (Phi) is 6.79. The molecule has 0 unspecified atom stereocenters. The van der Waals surface area contributed by atoms with Crippen LogP contribution in [0.15, 0.2) is 18.2 Å². The summed E-state index contributed by atoms with van der Waals surface area (Å²) in [6.45, 7) is 1.90. The summed E-state index contributed by atoms with van der Waals surface area (Å²) in [5, 5.41) is 2.58. The first-order valence-electron chi connectivity index (χ1n) is 6.03. The molecule has 0 aliphatic carbocycles. The zero-order valence-electron chi connectivity index (χ0n) is 10.9. The predicted octanol–water partition coefficient (Wildman–Crippen LogP) is 1.93. The van der Waals surface area contributed by atoms with Gasteiger partial charge in [0.05, 0.1) is 18.1 Å². The Hall–Kier alpha value is -1.82. The van der Waals surface area contributed by atoms with Crippen molar-refractivity contribution in [1.82, 2.24) is 5.32 Å². The van der Waals surface area contributed by atoms with Crippen molar-refractivity contribution in [2.45, 2.75) is 13.3 Å². The number of rotatable bonds is 7. The molecule has 0 fully saturated rings. The van der Waals surface area contributed by atoms with Crippen molar-refractivity contribution < 1.29 is 23.5 Å². The lowest BCUT2D eigenvalue weighted by Gasteiger charge is -2.08. The minimum absolute atomic E-state index is 0.0873. The second-order valence-corrected chi connectivity index (χ2v) is 4.18. The Morgan fingerprint density at radius 3 is 2.80 bits per heavy atom. The minimum Gasteiger partial charge on any atom is -0.482 e. The Bertz CT molecular complexity index is 481. The van der Waals surface area contributed by atoms with Crippen LogP contribution in [0.2, 0.25) is 5.02 Å². The molecule has 0 saturated heterocycles. The SMILES string of the molecule is CCOC(=O)CCNC(=O)COc1ccc(F)cc1Cl. The molecule has 1 N–H and O–H groups in total. The molecule has 0 bridgehead atoms. The third kappa shape index (κ3) is 5.88. The molecule has 1 rings (SSSR count). The molecule has 1 aromatic carbocycles. The molecule has 0 aliphatic rings. The number of ether oxygens (including phenoxy) is 2. The number of carbonyl (C=O) groups excluding carboxylic acids is 2. The smallest absolute Gasteiger partial charge is 0.307 e. The van der Waals surface area contributed by atoms with E-state index in [1.165, 1.54) is 12.1 Å². The van der Waals surface area contributed by atoms with E-state index < -0.39 is 11.7 Å². The minimum atomic E-state index is -0.485. The van der Waals surface area contributed by atoms with Gasteiger partial charge in [0.15, 0.2) is 6.61 Å². The fourth-order valence-corrected chi connectivity index (χ4v) is 1.55. The van der Waals surface area contributed by atoms with Crippen LogP contribution in [-0.2, 0) is 14.3 Å². The topological polar surface area (TPSA) is 64.6 Å². The van der Waals surface area contributed by atoms with Gasteiger partial charge in [-0.3, -0.25) is 9.59 Å². The highest BCUT2D eigenvalue weighted by Gasteiger charge is 2.08. The average Bonchev–Trinajstić information content (AvgIpc) is 2.38. The Morgan fingerprint density at radius 1 is 1.40 bits per heavy atom. The van der Waals surface area contributed by atoms with Gasteiger partial charge in [-0.2, -0.15) is 0 Å². The van der Waals surface area contributed by atoms with E-state index >= 15 is 0 Å². The summed E-state index contributed by atoms with van der Waals surface area (Å²) >= 11 is 5.74. The number of amides is 1. The first-order chi connectivity index (χ1) is 9.52. The van der Waals surface area contributed by atoms with Crippen LogP contribution in [0.1, 0.15) is 13.3 Å². The van der Waals surface area contributed by atoms with Gasteiger partial charge in [0.1, 0.15) is 11.6 Å². The summed E-state index contributed by atoms with van der Waals surface area (Å²) in [6, 6.07) is 3.61. The van der Waals surface area contributed by atoms with Crippen molar-refractivity contribution in [3.05, 3.63) is 29.0 Å². The van der Waals surface area contributed by atoms with Gasteiger partial charge >= 0.3 is 5.97 Å². The number of hydrogen-bond acceptors (Lipinski definition) is 4. The maximum atomic E-state index is 12.8. The summed E-state index contributed by atoms with van der Waals surface area (Å²) in [5.41, 5.74) is 0. The van der Waals surface area contributed by atoms with Gasteiger partial charge in [0.2, 0.25) is 0 Å². The molecule has 1 aromatic rings. The molecule has 0 radical (unpaired) electrons. The quantitative estimate of drug-likeness (QED) is 0.782. The van der Waals surface area contributed by atoms with E-state index in [9.17, 15) is 14.0 Å². The van der Waals surface area contributed by atoms with Gasteiger partial charge in [-0.05, 0) is 25.1 Å². The molecule has 0 saturated carbocycles. The standard InChI is InChI=1S/C13H15ClFNO4/c1-2-19-13(18)5-6-16-12(17)8-20-11-4-3-9(15)7-10(11)14/h3-4,7H,2,5-6,8H2,1H3,(H,16,17). The summed E-state index contributed by atoms with van der Waals surface area (Å²) in [6.07, 6.45) is 0.0941. The maximum Gasteiger partial charge on any atom is 0.307 e. The normalized spacial score (nSPS) is 9.95. The van der Waals surface area contributed by atoms with Crippen LogP contribution in [-0.4, -0.2) is 31.6 Å². The second-order valence-electron chi connectivity index (χ2n) is 3.77. The molecule has 0 aliphatic heterocycles. The zero-order chi connectivity index (χ0) is 15.0. The predicted molar refractivity (Wildman–Crippen MR) is 71.2 cm³/mol. The van der Waals surface area contributed by atoms with E-state index in [1.807, 2.05) is 0 Å². The summed E-state index contributed by atoms with van der Waals surface area (Å²) < 4.78 is 22.6. The van der Waals surface area contributed by atoms with E-state index in [1.54, 1.807) is 6.92 Å². The van der Waals surface area contributed by atoms with Crippen LogP contribution in [0, 0.1) is 5.82 Å². The van der Waals surface area contributed by atoms with Crippen molar-refractivity contribution in [3.63, 3.8) is 0 Å². The molecule has 0 atom stereocenters.